The van der Waals surface area contributed by atoms with Crippen LogP contribution in [-0.2, 0) is 9.47 Å². The maximum atomic E-state index is 15.7. The highest BCUT2D eigenvalue weighted by Gasteiger charge is 2.38. The zero-order valence-electron chi connectivity index (χ0n) is 39.5. The molecule has 2 heterocycles. The number of carbonyl (C=O) groups excluding carboxylic acids is 3. The molecule has 6 aromatic carbocycles. The summed E-state index contributed by atoms with van der Waals surface area (Å²) in [6.45, 7) is 7.30. The van der Waals surface area contributed by atoms with Gasteiger partial charge in [0.15, 0.2) is 17.4 Å². The van der Waals surface area contributed by atoms with E-state index in [9.17, 15) is 9.59 Å². The van der Waals surface area contributed by atoms with Gasteiger partial charge in [0.05, 0.1) is 23.6 Å². The van der Waals surface area contributed by atoms with Crippen LogP contribution >= 0.6 is 23.2 Å². The van der Waals surface area contributed by atoms with Crippen molar-refractivity contribution in [3.8, 4) is 39.4 Å². The fourth-order valence-corrected chi connectivity index (χ4v) is 9.58. The number of hydrogen-bond acceptors (Lipinski definition) is 8. The minimum Gasteiger partial charge on any atom is -0.441 e. The first-order valence-corrected chi connectivity index (χ1v) is 24.4. The molecule has 0 saturated heterocycles. The third kappa shape index (κ3) is 9.78. The van der Waals surface area contributed by atoms with E-state index in [1.807, 2.05) is 147 Å². The molecule has 10 rings (SSSR count). The summed E-state index contributed by atoms with van der Waals surface area (Å²) in [7, 11) is 0. The molecule has 0 bridgehead atoms. The first-order valence-electron chi connectivity index (χ1n) is 23.7. The molecule has 2 amide bonds. The number of benzene rings is 6. The molecule has 2 N–H and O–H groups in total. The molecule has 0 unspecified atom stereocenters. The van der Waals surface area contributed by atoms with Crippen molar-refractivity contribution >= 4 is 53.0 Å². The summed E-state index contributed by atoms with van der Waals surface area (Å²) >= 11 is 13.8. The van der Waals surface area contributed by atoms with E-state index in [4.69, 9.17) is 47.6 Å². The van der Waals surface area contributed by atoms with Gasteiger partial charge in [-0.3, -0.25) is 10.6 Å². The van der Waals surface area contributed by atoms with Crippen LogP contribution in [-0.4, -0.2) is 37.7 Å². The number of aromatic nitrogens is 4. The van der Waals surface area contributed by atoms with E-state index in [1.54, 1.807) is 13.8 Å². The highest BCUT2D eigenvalue weighted by atomic mass is 35.5. The number of amides is 2. The van der Waals surface area contributed by atoms with E-state index in [1.165, 1.54) is 21.8 Å². The standard InChI is InChI=1S/C57H50Cl2N6O6/c1-33-29-43(39-21-13-7-14-22-39)48(41-25-26-41)50(64-53(45(58)31-60-64)62-56(67)69-35(3)37-17-9-5-10-18-37)47(33)55(66)71-52-34(2)30-44(40-23-15-8-16-24-40)49(42-27-28-42)51(52)65-54(46(59)32-61-65)63-57(68)70-36(4)38-19-11-6-12-20-38/h5-24,29-32,35-36,41-42H,25-28H2,1-4H3,(H,62,67)(H,63,68)/t35-,36-/m1/s1. The fourth-order valence-electron chi connectivity index (χ4n) is 9.23. The summed E-state index contributed by atoms with van der Waals surface area (Å²) in [6.07, 6.45) is 3.66. The average molecular weight is 986 g/mol. The number of nitrogens with zero attached hydrogens (tertiary/aromatic N) is 4. The van der Waals surface area contributed by atoms with Crippen LogP contribution in [0.5, 0.6) is 5.75 Å². The van der Waals surface area contributed by atoms with Gasteiger partial charge in [0.25, 0.3) is 0 Å². The zero-order chi connectivity index (χ0) is 49.3. The molecule has 2 aliphatic carbocycles. The Morgan fingerprint density at radius 2 is 0.972 bits per heavy atom. The molecule has 0 aliphatic heterocycles. The van der Waals surface area contributed by atoms with Crippen LogP contribution < -0.4 is 15.4 Å². The number of aryl methyl sites for hydroxylation is 2. The van der Waals surface area contributed by atoms with Crippen molar-refractivity contribution < 1.29 is 28.6 Å². The molecule has 71 heavy (non-hydrogen) atoms. The Morgan fingerprint density at radius 1 is 0.577 bits per heavy atom. The zero-order valence-corrected chi connectivity index (χ0v) is 41.0. The molecular weight excluding hydrogens is 936 g/mol. The highest BCUT2D eigenvalue weighted by Crippen LogP contribution is 2.53. The van der Waals surface area contributed by atoms with Gasteiger partial charge < -0.3 is 14.2 Å². The molecule has 2 saturated carbocycles. The van der Waals surface area contributed by atoms with Gasteiger partial charge in [0.2, 0.25) is 0 Å². The Balaban J connectivity index is 1.12. The van der Waals surface area contributed by atoms with Gasteiger partial charge in [-0.15, -0.1) is 0 Å². The van der Waals surface area contributed by atoms with Crippen molar-refractivity contribution in [2.45, 2.75) is 77.4 Å². The van der Waals surface area contributed by atoms with Gasteiger partial charge in [0.1, 0.15) is 27.9 Å². The number of anilines is 2. The minimum absolute atomic E-state index is 0.0429. The molecule has 2 fully saturated rings. The third-order valence-electron chi connectivity index (χ3n) is 13.0. The lowest BCUT2D eigenvalue weighted by molar-refractivity contribution is 0.0731. The highest BCUT2D eigenvalue weighted by molar-refractivity contribution is 6.33. The Morgan fingerprint density at radius 3 is 1.41 bits per heavy atom. The number of rotatable bonds is 14. The van der Waals surface area contributed by atoms with Crippen LogP contribution in [0.15, 0.2) is 146 Å². The second-order valence-electron chi connectivity index (χ2n) is 18.1. The van der Waals surface area contributed by atoms with Crippen molar-refractivity contribution in [2.75, 3.05) is 10.6 Å². The number of ether oxygens (including phenoxy) is 3. The predicted octanol–water partition coefficient (Wildman–Crippen LogP) is 14.9. The fraction of sp³-hybridized carbons (Fsp3) is 0.211. The number of carbonyl (C=O) groups is 3. The summed E-state index contributed by atoms with van der Waals surface area (Å²) in [5, 5.41) is 15.5. The van der Waals surface area contributed by atoms with E-state index < -0.39 is 30.4 Å². The smallest absolute Gasteiger partial charge is 0.413 e. The molecule has 2 atom stereocenters. The van der Waals surface area contributed by atoms with Gasteiger partial charge in [-0.2, -0.15) is 10.2 Å². The summed E-state index contributed by atoms with van der Waals surface area (Å²) < 4.78 is 21.6. The van der Waals surface area contributed by atoms with E-state index in [0.717, 1.165) is 70.2 Å². The number of esters is 1. The van der Waals surface area contributed by atoms with E-state index in [2.05, 4.69) is 10.6 Å². The molecule has 0 spiro atoms. The van der Waals surface area contributed by atoms with E-state index in [0.29, 0.717) is 22.5 Å². The first-order chi connectivity index (χ1) is 34.4. The number of halogens is 2. The molecule has 0 radical (unpaired) electrons. The van der Waals surface area contributed by atoms with E-state index >= 15 is 4.79 Å². The second-order valence-corrected chi connectivity index (χ2v) is 18.9. The third-order valence-corrected chi connectivity index (χ3v) is 13.5. The molecule has 8 aromatic rings. The van der Waals surface area contributed by atoms with Crippen LogP contribution in [0, 0.1) is 13.8 Å². The molecule has 2 aliphatic rings. The SMILES string of the molecule is Cc1cc(-c2ccccc2)c(C2CC2)c(-n2ncc(Cl)c2NC(=O)O[C@H](C)c2ccccc2)c1OC(=O)c1c(C)cc(-c2ccccc2)c(C2CC2)c1-n1ncc(Cl)c1NC(=O)O[C@H](C)c1ccccc1. The van der Waals surface area contributed by atoms with Gasteiger partial charge in [-0.05, 0) is 127 Å². The minimum atomic E-state index is -0.759. The van der Waals surface area contributed by atoms with Crippen LogP contribution in [0.25, 0.3) is 33.6 Å². The van der Waals surface area contributed by atoms with Gasteiger partial charge in [-0.1, -0.05) is 151 Å². The predicted molar refractivity (Wildman–Crippen MR) is 276 cm³/mol. The molecule has 14 heteroatoms. The van der Waals surface area contributed by atoms with Crippen molar-refractivity contribution in [1.29, 1.82) is 0 Å². The average Bonchev–Trinajstić information content (AvgIpc) is 4.33. The monoisotopic (exact) mass is 984 g/mol. The van der Waals surface area contributed by atoms with Gasteiger partial charge in [-0.25, -0.2) is 23.7 Å². The molecular formula is C57H50Cl2N6O6. The summed E-state index contributed by atoms with van der Waals surface area (Å²) in [4.78, 5) is 43.2. The first kappa shape index (κ1) is 47.0. The Hall–Kier alpha value is -7.67. The van der Waals surface area contributed by atoms with Crippen LogP contribution in [0.4, 0.5) is 21.2 Å². The lowest BCUT2D eigenvalue weighted by atomic mass is 9.89. The topological polar surface area (TPSA) is 139 Å². The lowest BCUT2D eigenvalue weighted by Gasteiger charge is -2.25. The van der Waals surface area contributed by atoms with Crippen LogP contribution in [0.2, 0.25) is 10.0 Å². The summed E-state index contributed by atoms with van der Waals surface area (Å²) in [5.41, 5.74) is 9.36. The maximum Gasteiger partial charge on any atom is 0.413 e. The molecule has 12 nitrogen and oxygen atoms in total. The molecule has 358 valence electrons. The Bertz CT molecular complexity index is 3280. The number of nitrogens with one attached hydrogen (secondary N) is 2. The Labute approximate surface area is 421 Å². The molecule has 2 aromatic heterocycles. The van der Waals surface area contributed by atoms with Gasteiger partial charge >= 0.3 is 18.2 Å². The second kappa shape index (κ2) is 20.0. The van der Waals surface area contributed by atoms with Crippen LogP contribution in [0.1, 0.15) is 107 Å². The summed E-state index contributed by atoms with van der Waals surface area (Å²) in [5.74, 6) is -0.122. The van der Waals surface area contributed by atoms with Crippen molar-refractivity contribution in [3.05, 3.63) is 195 Å². The van der Waals surface area contributed by atoms with Crippen molar-refractivity contribution in [3.63, 3.8) is 0 Å². The van der Waals surface area contributed by atoms with E-state index in [-0.39, 0.29) is 44.8 Å². The largest absolute Gasteiger partial charge is 0.441 e. The lowest BCUT2D eigenvalue weighted by Crippen LogP contribution is -2.22. The normalized spacial score (nSPS) is 14.1. The van der Waals surface area contributed by atoms with Crippen molar-refractivity contribution in [2.24, 2.45) is 0 Å². The van der Waals surface area contributed by atoms with Gasteiger partial charge in [0, 0.05) is 0 Å². The Kier molecular flexibility index (Phi) is 13.2. The summed E-state index contributed by atoms with van der Waals surface area (Å²) in [6, 6.07) is 42.8. The quantitative estimate of drug-likeness (QED) is 0.0811. The van der Waals surface area contributed by atoms with Crippen molar-refractivity contribution in [1.82, 2.24) is 19.6 Å². The maximum absolute atomic E-state index is 15.7. The van der Waals surface area contributed by atoms with Crippen LogP contribution in [0.3, 0.4) is 0 Å². The number of hydrogen-bond donors (Lipinski definition) is 2.